The summed E-state index contributed by atoms with van der Waals surface area (Å²) in [5, 5.41) is 6.19. The van der Waals surface area contributed by atoms with Crippen LogP contribution in [-0.4, -0.2) is 54.7 Å². The molecule has 0 atom stereocenters. The molecule has 0 bridgehead atoms. The summed E-state index contributed by atoms with van der Waals surface area (Å²) >= 11 is 1.57. The zero-order valence-electron chi connectivity index (χ0n) is 29.2. The topological polar surface area (TPSA) is 102 Å². The molecule has 0 spiro atoms. The van der Waals surface area contributed by atoms with Gasteiger partial charge in [0, 0.05) is 49.2 Å². The number of thiophene rings is 1. The highest BCUT2D eigenvalue weighted by atomic mass is 32.1. The van der Waals surface area contributed by atoms with Gasteiger partial charge < -0.3 is 29.6 Å². The van der Waals surface area contributed by atoms with Gasteiger partial charge in [-0.15, -0.1) is 11.3 Å². The number of nitrogens with zero attached hydrogens (tertiary/aromatic N) is 2. The molecular weight excluding hydrogens is 649 g/mol. The van der Waals surface area contributed by atoms with Gasteiger partial charge in [-0.1, -0.05) is 31.4 Å². The lowest BCUT2D eigenvalue weighted by Gasteiger charge is -2.40. The Bertz CT molecular complexity index is 1930. The first kappa shape index (κ1) is 33.9. The normalized spacial score (nSPS) is 17.1. The molecule has 0 unspecified atom stereocenters. The molecule has 262 valence electrons. The van der Waals surface area contributed by atoms with Crippen molar-refractivity contribution < 1.29 is 23.9 Å². The number of hydrogen-bond acceptors (Lipinski definition) is 7. The third-order valence-corrected chi connectivity index (χ3v) is 11.6. The summed E-state index contributed by atoms with van der Waals surface area (Å²) in [7, 11) is 2.14. The first-order chi connectivity index (χ1) is 24.3. The van der Waals surface area contributed by atoms with Crippen LogP contribution in [0.2, 0.25) is 0 Å². The molecule has 9 nitrogen and oxygen atoms in total. The fourth-order valence-corrected chi connectivity index (χ4v) is 8.89. The number of carbonyl (C=O) groups is 3. The maximum atomic E-state index is 14.0. The first-order valence-corrected chi connectivity index (χ1v) is 18.8. The van der Waals surface area contributed by atoms with E-state index in [0.29, 0.717) is 42.5 Å². The Morgan fingerprint density at radius 2 is 1.74 bits per heavy atom. The number of ether oxygens (including phenoxy) is 2. The van der Waals surface area contributed by atoms with E-state index in [1.54, 1.807) is 36.5 Å². The van der Waals surface area contributed by atoms with Crippen molar-refractivity contribution in [3.63, 3.8) is 0 Å². The lowest BCUT2D eigenvalue weighted by Crippen LogP contribution is -2.61. The largest absolute Gasteiger partial charge is 0.494 e. The van der Waals surface area contributed by atoms with Gasteiger partial charge in [-0.3, -0.25) is 9.59 Å². The predicted octanol–water partition coefficient (Wildman–Crippen LogP) is 8.13. The van der Waals surface area contributed by atoms with Crippen LogP contribution >= 0.6 is 11.3 Å². The van der Waals surface area contributed by atoms with Gasteiger partial charge in [0.15, 0.2) is 0 Å². The fourth-order valence-electron chi connectivity index (χ4n) is 7.71. The quantitative estimate of drug-likeness (QED) is 0.128. The monoisotopic (exact) mass is 694 g/mol. The molecule has 3 heterocycles. The molecule has 2 aromatic carbocycles. The highest BCUT2D eigenvalue weighted by molar-refractivity contribution is 7.21. The highest BCUT2D eigenvalue weighted by Gasteiger charge is 2.46. The van der Waals surface area contributed by atoms with Crippen LogP contribution < -0.4 is 20.3 Å². The van der Waals surface area contributed by atoms with E-state index < -0.39 is 11.5 Å². The van der Waals surface area contributed by atoms with E-state index in [1.807, 2.05) is 19.1 Å². The fraction of sp³-hybridized carbons (Fsp3) is 0.425. The van der Waals surface area contributed by atoms with Crippen molar-refractivity contribution in [2.45, 2.75) is 83.2 Å². The SMILES string of the molecule is CCOC(=O)/C=C/c1ccc(NC(=O)C2(NC(=O)c3cc4c(s3)c(C3CCCCC3)c3n4CCN(C)c4cc(OCC)ccc4-3)CCC2)cc1. The summed E-state index contributed by atoms with van der Waals surface area (Å²) in [5.74, 6) is 0.519. The van der Waals surface area contributed by atoms with Crippen molar-refractivity contribution >= 4 is 56.8 Å². The molecule has 2 saturated carbocycles. The lowest BCUT2D eigenvalue weighted by molar-refractivity contribution is -0.137. The van der Waals surface area contributed by atoms with Crippen LogP contribution in [0.25, 0.3) is 27.6 Å². The number of benzene rings is 2. The van der Waals surface area contributed by atoms with Crippen molar-refractivity contribution in [2.75, 3.05) is 37.0 Å². The average molecular weight is 695 g/mol. The molecule has 2 amide bonds. The van der Waals surface area contributed by atoms with Crippen molar-refractivity contribution in [3.8, 4) is 17.0 Å². The van der Waals surface area contributed by atoms with E-state index in [4.69, 9.17) is 9.47 Å². The Kier molecular flexibility index (Phi) is 9.73. The van der Waals surface area contributed by atoms with Crippen LogP contribution in [-0.2, 0) is 20.9 Å². The van der Waals surface area contributed by atoms with Gasteiger partial charge in [0.2, 0.25) is 5.91 Å². The molecule has 0 radical (unpaired) electrons. The van der Waals surface area contributed by atoms with Crippen LogP contribution in [0.1, 0.15) is 91.9 Å². The Morgan fingerprint density at radius 3 is 2.44 bits per heavy atom. The number of nitrogens with one attached hydrogen (secondary N) is 2. The minimum absolute atomic E-state index is 0.197. The van der Waals surface area contributed by atoms with Crippen LogP contribution in [0.3, 0.4) is 0 Å². The smallest absolute Gasteiger partial charge is 0.330 e. The van der Waals surface area contributed by atoms with Crippen molar-refractivity contribution in [1.82, 2.24) is 9.88 Å². The van der Waals surface area contributed by atoms with Gasteiger partial charge in [-0.05, 0) is 99.4 Å². The number of hydrogen-bond donors (Lipinski definition) is 2. The molecule has 50 heavy (non-hydrogen) atoms. The molecule has 7 rings (SSSR count). The van der Waals surface area contributed by atoms with Crippen molar-refractivity contribution in [1.29, 1.82) is 0 Å². The number of anilines is 2. The number of likely N-dealkylation sites (N-methyl/N-ethyl adjacent to an activating group) is 1. The zero-order chi connectivity index (χ0) is 34.8. The second-order valence-corrected chi connectivity index (χ2v) is 14.7. The molecule has 4 aromatic rings. The average Bonchev–Trinajstić information content (AvgIpc) is 3.62. The summed E-state index contributed by atoms with van der Waals surface area (Å²) in [6.07, 6.45) is 11.1. The van der Waals surface area contributed by atoms with E-state index >= 15 is 0 Å². The summed E-state index contributed by atoms with van der Waals surface area (Å²) in [6.45, 7) is 6.38. The summed E-state index contributed by atoms with van der Waals surface area (Å²) < 4.78 is 14.5. The van der Waals surface area contributed by atoms with Crippen molar-refractivity contribution in [2.24, 2.45) is 0 Å². The van der Waals surface area contributed by atoms with Crippen molar-refractivity contribution in [3.05, 3.63) is 70.6 Å². The van der Waals surface area contributed by atoms with Crippen LogP contribution in [0.5, 0.6) is 5.75 Å². The Hall–Kier alpha value is -4.57. The molecular formula is C40H46N4O5S. The molecule has 3 aliphatic rings. The summed E-state index contributed by atoms with van der Waals surface area (Å²) in [6, 6.07) is 15.8. The van der Waals surface area contributed by atoms with E-state index in [0.717, 1.165) is 49.2 Å². The standard InChI is InChI=1S/C40H46N4O5S/c1-4-48-29-17-18-30-31(24-29)43(3)22-23-44-32-25-33(50-37(32)35(36(30)44)27-10-7-6-8-11-27)38(46)42-40(20-9-21-40)39(47)41-28-15-12-26(13-16-28)14-19-34(45)49-5-2/h12-19,24-25,27H,4-11,20-23H2,1-3H3,(H,41,47)(H,42,46)/b19-14+. The maximum absolute atomic E-state index is 14.0. The lowest BCUT2D eigenvalue weighted by atomic mass is 9.75. The predicted molar refractivity (Wildman–Crippen MR) is 200 cm³/mol. The minimum atomic E-state index is -0.955. The van der Waals surface area contributed by atoms with E-state index in [1.165, 1.54) is 52.5 Å². The second kappa shape index (κ2) is 14.3. The molecule has 2 aliphatic carbocycles. The van der Waals surface area contributed by atoms with Gasteiger partial charge in [0.05, 0.1) is 34.0 Å². The number of rotatable bonds is 10. The van der Waals surface area contributed by atoms with Gasteiger partial charge in [-0.2, -0.15) is 0 Å². The van der Waals surface area contributed by atoms with Gasteiger partial charge in [-0.25, -0.2) is 4.79 Å². The van der Waals surface area contributed by atoms with Gasteiger partial charge >= 0.3 is 5.97 Å². The molecule has 10 heteroatoms. The Morgan fingerprint density at radius 1 is 0.960 bits per heavy atom. The van der Waals surface area contributed by atoms with Crippen LogP contribution in [0.4, 0.5) is 11.4 Å². The van der Waals surface area contributed by atoms with Crippen LogP contribution in [0, 0.1) is 0 Å². The molecule has 2 fully saturated rings. The molecule has 2 aromatic heterocycles. The third kappa shape index (κ3) is 6.53. The van der Waals surface area contributed by atoms with E-state index in [-0.39, 0.29) is 11.8 Å². The number of amides is 2. The number of esters is 1. The zero-order valence-corrected chi connectivity index (χ0v) is 30.0. The van der Waals surface area contributed by atoms with Gasteiger partial charge in [0.1, 0.15) is 11.3 Å². The Labute approximate surface area is 297 Å². The second-order valence-electron chi connectivity index (χ2n) is 13.7. The maximum Gasteiger partial charge on any atom is 0.330 e. The first-order valence-electron chi connectivity index (χ1n) is 18.0. The van der Waals surface area contributed by atoms with Gasteiger partial charge in [0.25, 0.3) is 5.91 Å². The third-order valence-electron chi connectivity index (χ3n) is 10.5. The summed E-state index contributed by atoms with van der Waals surface area (Å²) in [5.41, 5.74) is 6.65. The highest BCUT2D eigenvalue weighted by Crippen LogP contribution is 2.50. The molecule has 1 aliphatic heterocycles. The Balaban J connectivity index is 1.16. The minimum Gasteiger partial charge on any atom is -0.494 e. The number of fused-ring (bicyclic) bond motifs is 5. The van der Waals surface area contributed by atoms with E-state index in [2.05, 4.69) is 51.4 Å². The van der Waals surface area contributed by atoms with E-state index in [9.17, 15) is 14.4 Å². The molecule has 0 saturated heterocycles. The number of aromatic nitrogens is 1. The van der Waals surface area contributed by atoms with Crippen LogP contribution in [0.15, 0.2) is 54.6 Å². The number of carbonyl (C=O) groups excluding carboxylic acids is 3. The molecule has 2 N–H and O–H groups in total. The summed E-state index contributed by atoms with van der Waals surface area (Å²) in [4.78, 5) is 42.3.